The SMILES string of the molecule is COc1ccc2c(c1)C(=O)C1=Nc3ccc(OC)cc3C(Oc3ccccc3)(C(=O)Oc3ccccc3)N12. The van der Waals surface area contributed by atoms with E-state index in [2.05, 4.69) is 4.99 Å². The fourth-order valence-corrected chi connectivity index (χ4v) is 4.69. The van der Waals surface area contributed by atoms with Crippen LogP contribution >= 0.6 is 0 Å². The van der Waals surface area contributed by atoms with Gasteiger partial charge in [-0.15, -0.1) is 0 Å². The molecule has 0 aliphatic carbocycles. The summed E-state index contributed by atoms with van der Waals surface area (Å²) in [4.78, 5) is 34.3. The van der Waals surface area contributed by atoms with Gasteiger partial charge in [-0.3, -0.25) is 9.69 Å². The minimum atomic E-state index is -1.96. The van der Waals surface area contributed by atoms with Gasteiger partial charge in [0.05, 0.1) is 36.7 Å². The number of hydrogen-bond donors (Lipinski definition) is 0. The van der Waals surface area contributed by atoms with Gasteiger partial charge in [-0.2, -0.15) is 0 Å². The normalized spacial score (nSPS) is 17.1. The predicted molar refractivity (Wildman–Crippen MR) is 141 cm³/mol. The lowest BCUT2D eigenvalue weighted by molar-refractivity contribution is -0.152. The number of fused-ring (bicyclic) bond motifs is 4. The largest absolute Gasteiger partial charge is 0.497 e. The van der Waals surface area contributed by atoms with Gasteiger partial charge in [0, 0.05) is 0 Å². The Labute approximate surface area is 218 Å². The zero-order valence-corrected chi connectivity index (χ0v) is 20.6. The van der Waals surface area contributed by atoms with Gasteiger partial charge in [-0.05, 0) is 60.7 Å². The monoisotopic (exact) mass is 506 g/mol. The van der Waals surface area contributed by atoms with Crippen molar-refractivity contribution < 1.29 is 28.5 Å². The maximum Gasteiger partial charge on any atom is 0.383 e. The van der Waals surface area contributed by atoms with Crippen molar-refractivity contribution in [1.29, 1.82) is 0 Å². The lowest BCUT2D eigenvalue weighted by atomic mass is 9.95. The van der Waals surface area contributed by atoms with Crippen molar-refractivity contribution in [3.63, 3.8) is 0 Å². The molecule has 0 bridgehead atoms. The summed E-state index contributed by atoms with van der Waals surface area (Å²) in [6.07, 6.45) is 0. The molecule has 188 valence electrons. The lowest BCUT2D eigenvalue weighted by Gasteiger charge is -2.43. The highest BCUT2D eigenvalue weighted by molar-refractivity contribution is 6.55. The average Bonchev–Trinajstić information content (AvgIpc) is 3.24. The molecule has 38 heavy (non-hydrogen) atoms. The van der Waals surface area contributed by atoms with Crippen LogP contribution in [-0.4, -0.2) is 31.8 Å². The van der Waals surface area contributed by atoms with E-state index in [-0.39, 0.29) is 11.6 Å². The minimum Gasteiger partial charge on any atom is -0.497 e. The van der Waals surface area contributed by atoms with E-state index in [4.69, 9.17) is 18.9 Å². The Morgan fingerprint density at radius 1 is 0.763 bits per heavy atom. The number of rotatable bonds is 6. The van der Waals surface area contributed by atoms with E-state index in [1.807, 2.05) is 12.1 Å². The second-order valence-corrected chi connectivity index (χ2v) is 8.63. The van der Waals surface area contributed by atoms with Crippen molar-refractivity contribution in [2.24, 2.45) is 4.99 Å². The van der Waals surface area contributed by atoms with E-state index in [0.29, 0.717) is 45.5 Å². The van der Waals surface area contributed by atoms with Crippen LogP contribution in [0.4, 0.5) is 11.4 Å². The molecule has 0 aromatic heterocycles. The molecule has 0 fully saturated rings. The molecule has 1 atom stereocenters. The molecule has 0 saturated carbocycles. The number of nitrogens with zero attached hydrogens (tertiary/aromatic N) is 2. The van der Waals surface area contributed by atoms with Crippen molar-refractivity contribution in [3.05, 3.63) is 108 Å². The number of anilines is 1. The second kappa shape index (κ2) is 9.08. The van der Waals surface area contributed by atoms with Crippen LogP contribution in [0.1, 0.15) is 15.9 Å². The first-order valence-corrected chi connectivity index (χ1v) is 11.9. The molecule has 1 unspecified atom stereocenters. The summed E-state index contributed by atoms with van der Waals surface area (Å²) < 4.78 is 23.4. The highest BCUT2D eigenvalue weighted by Crippen LogP contribution is 2.50. The number of esters is 1. The highest BCUT2D eigenvalue weighted by atomic mass is 16.6. The molecule has 0 spiro atoms. The second-order valence-electron chi connectivity index (χ2n) is 8.63. The van der Waals surface area contributed by atoms with E-state index < -0.39 is 11.7 Å². The molecular formula is C30H22N2O6. The van der Waals surface area contributed by atoms with E-state index in [1.54, 1.807) is 84.9 Å². The van der Waals surface area contributed by atoms with Gasteiger partial charge in [0.25, 0.3) is 0 Å². The first-order valence-electron chi connectivity index (χ1n) is 11.9. The fourth-order valence-electron chi connectivity index (χ4n) is 4.69. The molecule has 4 aromatic carbocycles. The Balaban J connectivity index is 1.65. The van der Waals surface area contributed by atoms with Gasteiger partial charge in [0.1, 0.15) is 23.0 Å². The molecule has 8 heteroatoms. The van der Waals surface area contributed by atoms with Gasteiger partial charge in [-0.25, -0.2) is 9.79 Å². The maximum absolute atomic E-state index is 14.4. The van der Waals surface area contributed by atoms with Crippen LogP contribution in [-0.2, 0) is 10.5 Å². The van der Waals surface area contributed by atoms with Crippen molar-refractivity contribution in [2.75, 3.05) is 19.1 Å². The third-order valence-corrected chi connectivity index (χ3v) is 6.45. The average molecular weight is 507 g/mol. The first-order chi connectivity index (χ1) is 18.5. The van der Waals surface area contributed by atoms with E-state index in [1.165, 1.54) is 19.1 Å². The van der Waals surface area contributed by atoms with Crippen LogP contribution in [0.5, 0.6) is 23.0 Å². The molecule has 0 radical (unpaired) electrons. The number of aliphatic imine (C=N–C) groups is 1. The summed E-state index contributed by atoms with van der Waals surface area (Å²) in [6, 6.07) is 27.7. The number of amidine groups is 1. The van der Waals surface area contributed by atoms with Crippen LogP contribution in [0, 0.1) is 0 Å². The zero-order chi connectivity index (χ0) is 26.3. The van der Waals surface area contributed by atoms with E-state index in [0.717, 1.165) is 0 Å². The lowest BCUT2D eigenvalue weighted by Crippen LogP contribution is -2.61. The van der Waals surface area contributed by atoms with Crippen LogP contribution in [0.15, 0.2) is 102 Å². The fraction of sp³-hybridized carbons (Fsp3) is 0.100. The minimum absolute atomic E-state index is 0.0341. The van der Waals surface area contributed by atoms with Gasteiger partial charge in [0.15, 0.2) is 5.84 Å². The molecular weight excluding hydrogens is 484 g/mol. The maximum atomic E-state index is 14.4. The zero-order valence-electron chi connectivity index (χ0n) is 20.6. The summed E-state index contributed by atoms with van der Waals surface area (Å²) >= 11 is 0. The van der Waals surface area contributed by atoms with Crippen LogP contribution < -0.4 is 23.8 Å². The smallest absolute Gasteiger partial charge is 0.383 e. The number of ether oxygens (including phenoxy) is 4. The summed E-state index contributed by atoms with van der Waals surface area (Å²) in [6.45, 7) is 0. The Morgan fingerprint density at radius 3 is 2.08 bits per heavy atom. The Morgan fingerprint density at radius 2 is 1.39 bits per heavy atom. The van der Waals surface area contributed by atoms with Crippen molar-refractivity contribution >= 4 is 29.0 Å². The summed E-state index contributed by atoms with van der Waals surface area (Å²) in [5.74, 6) is 0.603. The standard InChI is InChI=1S/C30H22N2O6/c1-35-21-14-16-26-23(17-21)27(33)28-31-25-15-13-22(36-2)18-24(25)30(32(26)28,38-20-11-7-4-8-12-20)29(34)37-19-9-5-3-6-10-19/h3-18H,1-2H3. The summed E-state index contributed by atoms with van der Waals surface area (Å²) in [7, 11) is 3.05. The third kappa shape index (κ3) is 3.57. The third-order valence-electron chi connectivity index (χ3n) is 6.45. The molecule has 6 rings (SSSR count). The molecule has 0 amide bonds. The molecule has 4 aromatic rings. The number of carbonyl (C=O) groups excluding carboxylic acids is 2. The Hall–Kier alpha value is -5.11. The van der Waals surface area contributed by atoms with Crippen LogP contribution in [0.25, 0.3) is 0 Å². The Kier molecular flexibility index (Phi) is 5.57. The Bertz CT molecular complexity index is 1590. The molecule has 2 heterocycles. The number of carbonyl (C=O) groups is 2. The molecule has 0 N–H and O–H groups in total. The molecule has 0 saturated heterocycles. The van der Waals surface area contributed by atoms with Crippen LogP contribution in [0.2, 0.25) is 0 Å². The van der Waals surface area contributed by atoms with Crippen molar-refractivity contribution in [1.82, 2.24) is 0 Å². The van der Waals surface area contributed by atoms with Gasteiger partial charge in [0.2, 0.25) is 5.78 Å². The summed E-state index contributed by atoms with van der Waals surface area (Å²) in [5.41, 5.74) is -0.457. The van der Waals surface area contributed by atoms with Gasteiger partial charge in [-0.1, -0.05) is 36.4 Å². The molecule has 8 nitrogen and oxygen atoms in total. The number of ketones is 1. The van der Waals surface area contributed by atoms with Crippen molar-refractivity contribution in [2.45, 2.75) is 5.72 Å². The van der Waals surface area contributed by atoms with Gasteiger partial charge >= 0.3 is 11.7 Å². The topological polar surface area (TPSA) is 86.7 Å². The van der Waals surface area contributed by atoms with E-state index in [9.17, 15) is 9.59 Å². The van der Waals surface area contributed by atoms with Gasteiger partial charge < -0.3 is 18.9 Å². The number of methoxy groups -OCH3 is 2. The predicted octanol–water partition coefficient (Wildman–Crippen LogP) is 5.29. The summed E-state index contributed by atoms with van der Waals surface area (Å²) in [5, 5.41) is 0. The van der Waals surface area contributed by atoms with Crippen LogP contribution in [0.3, 0.4) is 0 Å². The number of hydrogen-bond acceptors (Lipinski definition) is 8. The number of Topliss-reactive ketones (excluding diaryl/α,β-unsaturated/α-hetero) is 1. The highest BCUT2D eigenvalue weighted by Gasteiger charge is 2.60. The molecule has 2 aliphatic rings. The first kappa shape index (κ1) is 23.3. The van der Waals surface area contributed by atoms with E-state index >= 15 is 0 Å². The molecule has 2 aliphatic heterocycles. The number of para-hydroxylation sites is 2. The van der Waals surface area contributed by atoms with Crippen molar-refractivity contribution in [3.8, 4) is 23.0 Å². The quantitative estimate of drug-likeness (QED) is 0.260. The number of benzene rings is 4.